The summed E-state index contributed by atoms with van der Waals surface area (Å²) in [7, 11) is 0. The molecule has 0 fully saturated rings. The van der Waals surface area contributed by atoms with Crippen LogP contribution in [0.4, 0.5) is 13.2 Å². The largest absolute Gasteiger partial charge is 0.573 e. The molecule has 0 unspecified atom stereocenters. The fourth-order valence-electron chi connectivity index (χ4n) is 1.46. The minimum Gasteiger partial charge on any atom is -0.404 e. The van der Waals surface area contributed by atoms with E-state index in [1.54, 1.807) is 19.2 Å². The third-order valence-corrected chi connectivity index (χ3v) is 2.43. The lowest BCUT2D eigenvalue weighted by molar-refractivity contribution is -0.274. The van der Waals surface area contributed by atoms with Gasteiger partial charge in [-0.25, -0.2) is 0 Å². The lowest BCUT2D eigenvalue weighted by atomic mass is 10.1. The van der Waals surface area contributed by atoms with E-state index in [9.17, 15) is 13.2 Å². The zero-order chi connectivity index (χ0) is 12.6. The molecule has 0 bridgehead atoms. The van der Waals surface area contributed by atoms with Crippen LogP contribution in [-0.4, -0.2) is 11.3 Å². The fraction of sp³-hybridized carbons (Fsp3) is 0.182. The average Bonchev–Trinajstić information content (AvgIpc) is 2.17. The van der Waals surface area contributed by atoms with Crippen molar-refractivity contribution in [2.75, 3.05) is 0 Å². The van der Waals surface area contributed by atoms with Gasteiger partial charge in [0.05, 0.1) is 5.02 Å². The Kier molecular flexibility index (Phi) is 2.87. The summed E-state index contributed by atoms with van der Waals surface area (Å²) in [4.78, 5) is 4.03. The first-order chi connectivity index (χ1) is 7.85. The van der Waals surface area contributed by atoms with Crippen molar-refractivity contribution in [3.8, 4) is 5.75 Å². The normalized spacial score (nSPS) is 11.8. The van der Waals surface area contributed by atoms with Crippen molar-refractivity contribution in [2.24, 2.45) is 0 Å². The number of fused-ring (bicyclic) bond motifs is 1. The maximum Gasteiger partial charge on any atom is 0.573 e. The molecule has 0 amide bonds. The molecular formula is C11H7ClF3NO. The lowest BCUT2D eigenvalue weighted by Crippen LogP contribution is -2.17. The van der Waals surface area contributed by atoms with E-state index in [1.165, 1.54) is 12.1 Å². The number of nitrogens with zero attached hydrogens (tertiary/aromatic N) is 1. The van der Waals surface area contributed by atoms with E-state index < -0.39 is 12.1 Å². The molecular weight excluding hydrogens is 255 g/mol. The van der Waals surface area contributed by atoms with Crippen molar-refractivity contribution in [2.45, 2.75) is 13.3 Å². The Hall–Kier alpha value is -1.49. The van der Waals surface area contributed by atoms with E-state index >= 15 is 0 Å². The van der Waals surface area contributed by atoms with Gasteiger partial charge in [-0.3, -0.25) is 4.98 Å². The van der Waals surface area contributed by atoms with Gasteiger partial charge in [0.1, 0.15) is 5.75 Å². The number of hydrogen-bond donors (Lipinski definition) is 0. The van der Waals surface area contributed by atoms with Gasteiger partial charge in [0.25, 0.3) is 0 Å². The molecule has 1 heterocycles. The van der Waals surface area contributed by atoms with Crippen LogP contribution in [0.15, 0.2) is 24.4 Å². The van der Waals surface area contributed by atoms with Crippen LogP contribution in [0.25, 0.3) is 10.8 Å². The lowest BCUT2D eigenvalue weighted by Gasteiger charge is -2.11. The Morgan fingerprint density at radius 3 is 2.53 bits per heavy atom. The monoisotopic (exact) mass is 261 g/mol. The summed E-state index contributed by atoms with van der Waals surface area (Å²) in [6.45, 7) is 1.75. The van der Waals surface area contributed by atoms with Crippen LogP contribution in [-0.2, 0) is 0 Å². The Morgan fingerprint density at radius 2 is 1.88 bits per heavy atom. The van der Waals surface area contributed by atoms with Crippen LogP contribution in [0.2, 0.25) is 5.02 Å². The Bertz CT molecular complexity index is 568. The van der Waals surface area contributed by atoms with Crippen LogP contribution < -0.4 is 4.74 Å². The topological polar surface area (TPSA) is 22.1 Å². The van der Waals surface area contributed by atoms with Gasteiger partial charge in [0, 0.05) is 17.3 Å². The first kappa shape index (κ1) is 12.0. The van der Waals surface area contributed by atoms with Crippen molar-refractivity contribution < 1.29 is 17.9 Å². The number of rotatable bonds is 1. The van der Waals surface area contributed by atoms with E-state index in [2.05, 4.69) is 9.72 Å². The molecule has 0 atom stereocenters. The SMILES string of the molecule is Cc1cc2cc(OC(F)(F)F)c(Cl)cc2cn1. The molecule has 2 rings (SSSR count). The van der Waals surface area contributed by atoms with Crippen LogP contribution in [0.1, 0.15) is 5.69 Å². The maximum absolute atomic E-state index is 12.1. The number of aryl methyl sites for hydroxylation is 1. The highest BCUT2D eigenvalue weighted by molar-refractivity contribution is 6.32. The molecule has 6 heteroatoms. The van der Waals surface area contributed by atoms with E-state index in [1.807, 2.05) is 0 Å². The van der Waals surface area contributed by atoms with Crippen LogP contribution in [0, 0.1) is 6.92 Å². The number of hydrogen-bond acceptors (Lipinski definition) is 2. The van der Waals surface area contributed by atoms with Gasteiger partial charge >= 0.3 is 6.36 Å². The van der Waals surface area contributed by atoms with Crippen LogP contribution in [0.3, 0.4) is 0 Å². The highest BCUT2D eigenvalue weighted by Gasteiger charge is 2.32. The summed E-state index contributed by atoms with van der Waals surface area (Å²) < 4.78 is 40.2. The van der Waals surface area contributed by atoms with Gasteiger partial charge in [-0.2, -0.15) is 0 Å². The highest BCUT2D eigenvalue weighted by atomic mass is 35.5. The van der Waals surface area contributed by atoms with Crippen molar-refractivity contribution in [1.82, 2.24) is 4.98 Å². The zero-order valence-electron chi connectivity index (χ0n) is 8.68. The summed E-state index contributed by atoms with van der Waals surface area (Å²) in [6, 6.07) is 4.30. The van der Waals surface area contributed by atoms with Crippen molar-refractivity contribution in [3.63, 3.8) is 0 Å². The van der Waals surface area contributed by atoms with Gasteiger partial charge in [0.15, 0.2) is 0 Å². The molecule has 0 aliphatic rings. The minimum absolute atomic E-state index is 0.0968. The second kappa shape index (κ2) is 4.07. The molecule has 0 aliphatic heterocycles. The second-order valence-corrected chi connectivity index (χ2v) is 3.91. The molecule has 0 aliphatic carbocycles. The number of alkyl halides is 3. The fourth-order valence-corrected chi connectivity index (χ4v) is 1.67. The van der Waals surface area contributed by atoms with Crippen molar-refractivity contribution in [1.29, 1.82) is 0 Å². The molecule has 17 heavy (non-hydrogen) atoms. The molecule has 0 saturated carbocycles. The molecule has 0 N–H and O–H groups in total. The summed E-state index contributed by atoms with van der Waals surface area (Å²) in [5.74, 6) is -0.405. The molecule has 0 spiro atoms. The van der Waals surface area contributed by atoms with Gasteiger partial charge in [0.2, 0.25) is 0 Å². The maximum atomic E-state index is 12.1. The van der Waals surface area contributed by atoms with Crippen LogP contribution >= 0.6 is 11.6 Å². The molecule has 1 aromatic carbocycles. The predicted octanol–water partition coefficient (Wildman–Crippen LogP) is 4.10. The van der Waals surface area contributed by atoms with Crippen LogP contribution in [0.5, 0.6) is 5.75 Å². The summed E-state index contributed by atoms with van der Waals surface area (Å²) in [5, 5.41) is 1.16. The summed E-state index contributed by atoms with van der Waals surface area (Å²) >= 11 is 5.70. The molecule has 90 valence electrons. The van der Waals surface area contributed by atoms with Gasteiger partial charge in [-0.05, 0) is 30.5 Å². The second-order valence-electron chi connectivity index (χ2n) is 3.50. The average molecular weight is 262 g/mol. The molecule has 2 aromatic rings. The van der Waals surface area contributed by atoms with E-state index in [-0.39, 0.29) is 5.02 Å². The van der Waals surface area contributed by atoms with Gasteiger partial charge in [-0.1, -0.05) is 11.6 Å². The number of benzene rings is 1. The van der Waals surface area contributed by atoms with Crippen molar-refractivity contribution >= 4 is 22.4 Å². The molecule has 1 aromatic heterocycles. The Labute approximate surface area is 100.0 Å². The standard InChI is InChI=1S/C11H7ClF3NO/c1-6-2-7-4-10(17-11(13,14)15)9(12)3-8(7)5-16-6/h2-5H,1H3. The summed E-state index contributed by atoms with van der Waals surface area (Å²) in [5.41, 5.74) is 0.706. The third kappa shape index (κ3) is 2.79. The van der Waals surface area contributed by atoms with E-state index in [0.29, 0.717) is 16.5 Å². The number of pyridine rings is 1. The number of aromatic nitrogens is 1. The van der Waals surface area contributed by atoms with E-state index in [0.717, 1.165) is 0 Å². The third-order valence-electron chi connectivity index (χ3n) is 2.13. The molecule has 0 saturated heterocycles. The van der Waals surface area contributed by atoms with Crippen molar-refractivity contribution in [3.05, 3.63) is 35.1 Å². The Balaban J connectivity index is 2.53. The quantitative estimate of drug-likeness (QED) is 0.771. The highest BCUT2D eigenvalue weighted by Crippen LogP contribution is 2.33. The number of ether oxygens (including phenoxy) is 1. The smallest absolute Gasteiger partial charge is 0.404 e. The Morgan fingerprint density at radius 1 is 1.18 bits per heavy atom. The number of halogens is 4. The predicted molar refractivity (Wildman–Crippen MR) is 58.2 cm³/mol. The first-order valence-corrected chi connectivity index (χ1v) is 5.04. The van der Waals surface area contributed by atoms with E-state index in [4.69, 9.17) is 11.6 Å². The zero-order valence-corrected chi connectivity index (χ0v) is 9.43. The summed E-state index contributed by atoms with van der Waals surface area (Å²) in [6.07, 6.45) is -3.20. The van der Waals surface area contributed by atoms with Gasteiger partial charge in [-0.15, -0.1) is 13.2 Å². The first-order valence-electron chi connectivity index (χ1n) is 4.67. The van der Waals surface area contributed by atoms with Gasteiger partial charge < -0.3 is 4.74 Å². The molecule has 2 nitrogen and oxygen atoms in total. The minimum atomic E-state index is -4.75. The molecule has 0 radical (unpaired) electrons.